The summed E-state index contributed by atoms with van der Waals surface area (Å²) >= 11 is 0. The number of piperidine rings is 1. The van der Waals surface area contributed by atoms with Gasteiger partial charge in [-0.15, -0.1) is 0 Å². The molecule has 0 saturated carbocycles. The highest BCUT2D eigenvalue weighted by Gasteiger charge is 2.51. The molecule has 1 aromatic heterocycles. The molecule has 1 fully saturated rings. The maximum absolute atomic E-state index is 13.8. The maximum Gasteiger partial charge on any atom is 0.255 e. The summed E-state index contributed by atoms with van der Waals surface area (Å²) in [5.41, 5.74) is 0.831. The first-order chi connectivity index (χ1) is 17.3. The Morgan fingerprint density at radius 1 is 1.03 bits per heavy atom. The number of hydrazone groups is 1. The molecule has 1 saturated heterocycles. The summed E-state index contributed by atoms with van der Waals surface area (Å²) in [5, 5.41) is 26.2. The summed E-state index contributed by atoms with van der Waals surface area (Å²) in [6.07, 6.45) is 2.42. The molecular weight excluding hydrogens is 464 g/mol. The van der Waals surface area contributed by atoms with E-state index in [0.717, 1.165) is 15.8 Å². The number of nitrogens with zero attached hydrogens (tertiary/aromatic N) is 4. The number of carbonyl (C=O) groups excluding carboxylic acids is 2. The van der Waals surface area contributed by atoms with E-state index in [4.69, 9.17) is 14.6 Å². The molecular formula is C26H34N4O6. The van der Waals surface area contributed by atoms with Gasteiger partial charge >= 0.3 is 0 Å². The van der Waals surface area contributed by atoms with E-state index in [1.807, 2.05) is 32.0 Å². The molecule has 10 heteroatoms. The second-order valence-electron chi connectivity index (χ2n) is 9.21. The smallest absolute Gasteiger partial charge is 0.255 e. The second-order valence-corrected chi connectivity index (χ2v) is 9.21. The Bertz CT molecular complexity index is 1140. The Hall–Kier alpha value is -3.69. The van der Waals surface area contributed by atoms with E-state index < -0.39 is 5.41 Å². The number of methoxy groups -OCH3 is 2. The van der Waals surface area contributed by atoms with E-state index in [2.05, 4.69) is 0 Å². The lowest BCUT2D eigenvalue weighted by Gasteiger charge is -2.36. The van der Waals surface area contributed by atoms with Crippen LogP contribution in [0.4, 0.5) is 0 Å². The monoisotopic (exact) mass is 498 g/mol. The molecule has 10 nitrogen and oxygen atoms in total. The van der Waals surface area contributed by atoms with Crippen molar-refractivity contribution in [1.29, 1.82) is 0 Å². The average molecular weight is 499 g/mol. The lowest BCUT2D eigenvalue weighted by molar-refractivity contribution is -0.140. The number of ether oxygens (including phenoxy) is 2. The summed E-state index contributed by atoms with van der Waals surface area (Å²) in [5.74, 6) is 0.659. The molecule has 2 amide bonds. The molecule has 36 heavy (non-hydrogen) atoms. The van der Waals surface area contributed by atoms with Crippen LogP contribution in [0.5, 0.6) is 23.3 Å². The highest BCUT2D eigenvalue weighted by molar-refractivity contribution is 6.20. The number of hydrogen-bond acceptors (Lipinski definition) is 7. The fourth-order valence-electron chi connectivity index (χ4n) is 5.23. The van der Waals surface area contributed by atoms with Gasteiger partial charge in [0.25, 0.3) is 5.91 Å². The summed E-state index contributed by atoms with van der Waals surface area (Å²) in [6, 6.07) is 8.16. The zero-order chi connectivity index (χ0) is 26.0. The summed E-state index contributed by atoms with van der Waals surface area (Å²) in [6.45, 7) is 4.79. The molecule has 2 aliphatic rings. The van der Waals surface area contributed by atoms with Crippen LogP contribution in [-0.4, -0.2) is 75.6 Å². The Morgan fingerprint density at radius 3 is 2.19 bits per heavy atom. The Morgan fingerprint density at radius 2 is 1.64 bits per heavy atom. The molecule has 2 aromatic rings. The van der Waals surface area contributed by atoms with Gasteiger partial charge in [0.15, 0.2) is 23.3 Å². The van der Waals surface area contributed by atoms with Gasteiger partial charge in [0, 0.05) is 30.8 Å². The highest BCUT2D eigenvalue weighted by atomic mass is 16.5. The first-order valence-corrected chi connectivity index (χ1v) is 12.3. The predicted molar refractivity (Wildman–Crippen MR) is 133 cm³/mol. The molecule has 2 aliphatic heterocycles. The van der Waals surface area contributed by atoms with Crippen molar-refractivity contribution in [3.05, 3.63) is 35.9 Å². The number of aromatic nitrogens is 1. The number of rotatable bonds is 8. The van der Waals surface area contributed by atoms with Crippen molar-refractivity contribution in [3.8, 4) is 23.3 Å². The highest BCUT2D eigenvalue weighted by Crippen LogP contribution is 2.42. The van der Waals surface area contributed by atoms with Crippen LogP contribution in [0.1, 0.15) is 45.1 Å². The summed E-state index contributed by atoms with van der Waals surface area (Å²) < 4.78 is 12.0. The van der Waals surface area contributed by atoms with Crippen LogP contribution in [0.15, 0.2) is 35.4 Å². The molecule has 0 bridgehead atoms. The van der Waals surface area contributed by atoms with Gasteiger partial charge in [0.05, 0.1) is 31.4 Å². The summed E-state index contributed by atoms with van der Waals surface area (Å²) in [4.78, 5) is 28.2. The number of carbonyl (C=O) groups is 2. The van der Waals surface area contributed by atoms with Crippen molar-refractivity contribution in [3.63, 3.8) is 0 Å². The maximum atomic E-state index is 13.8. The van der Waals surface area contributed by atoms with Crippen LogP contribution in [0.2, 0.25) is 0 Å². The Balaban J connectivity index is 1.53. The molecule has 2 N–H and O–H groups in total. The fourth-order valence-corrected chi connectivity index (χ4v) is 5.23. The molecule has 0 unspecified atom stereocenters. The van der Waals surface area contributed by atoms with Crippen molar-refractivity contribution in [1.82, 2.24) is 14.5 Å². The van der Waals surface area contributed by atoms with Crippen LogP contribution >= 0.6 is 0 Å². The van der Waals surface area contributed by atoms with E-state index in [0.29, 0.717) is 50.3 Å². The number of hydrogen-bond donors (Lipinski definition) is 2. The van der Waals surface area contributed by atoms with Crippen molar-refractivity contribution in [2.24, 2.45) is 10.5 Å². The van der Waals surface area contributed by atoms with Crippen molar-refractivity contribution >= 4 is 17.5 Å². The Labute approximate surface area is 210 Å². The SMILES string of the molecule is CCC1(CC)C(=O)N(C2CCN(C(=O)Cn3c(O)ccc3O)CC2)N=C1c1ccc(OC)c(OC)c1. The van der Waals surface area contributed by atoms with Crippen LogP contribution in [-0.2, 0) is 16.1 Å². The van der Waals surface area contributed by atoms with Gasteiger partial charge in [-0.25, -0.2) is 5.01 Å². The topological polar surface area (TPSA) is 117 Å². The molecule has 4 rings (SSSR count). The van der Waals surface area contributed by atoms with Crippen molar-refractivity contribution < 1.29 is 29.3 Å². The molecule has 0 atom stereocenters. The Kier molecular flexibility index (Phi) is 7.14. The molecule has 0 spiro atoms. The molecule has 3 heterocycles. The van der Waals surface area contributed by atoms with E-state index >= 15 is 0 Å². The third-order valence-corrected chi connectivity index (χ3v) is 7.53. The fraction of sp³-hybridized carbons (Fsp3) is 0.500. The predicted octanol–water partition coefficient (Wildman–Crippen LogP) is 2.96. The normalized spacial score (nSPS) is 17.9. The quantitative estimate of drug-likeness (QED) is 0.578. The number of aromatic hydroxyl groups is 2. The summed E-state index contributed by atoms with van der Waals surface area (Å²) in [7, 11) is 3.16. The van der Waals surface area contributed by atoms with Crippen LogP contribution in [0, 0.1) is 5.41 Å². The average Bonchev–Trinajstić information content (AvgIpc) is 3.39. The molecule has 1 aromatic carbocycles. The first kappa shape index (κ1) is 25.4. The third kappa shape index (κ3) is 4.25. The zero-order valence-corrected chi connectivity index (χ0v) is 21.2. The van der Waals surface area contributed by atoms with E-state index in [1.54, 1.807) is 24.1 Å². The minimum atomic E-state index is -0.726. The van der Waals surface area contributed by atoms with Crippen molar-refractivity contribution in [2.75, 3.05) is 27.3 Å². The van der Waals surface area contributed by atoms with Gasteiger partial charge in [0.2, 0.25) is 5.91 Å². The lowest BCUT2D eigenvalue weighted by Crippen LogP contribution is -2.49. The van der Waals surface area contributed by atoms with E-state index in [1.165, 1.54) is 12.1 Å². The number of likely N-dealkylation sites (tertiary alicyclic amines) is 1. The minimum absolute atomic E-state index is 0.00996. The standard InChI is InChI=1S/C26H34N4O6/c1-5-26(6-2)24(17-7-8-19(35-3)20(15-17)36-4)27-30(25(26)34)18-11-13-28(14-12-18)23(33)16-29-21(31)9-10-22(29)32/h7-10,15,18,31-32H,5-6,11-14,16H2,1-4H3. The van der Waals surface area contributed by atoms with E-state index in [-0.39, 0.29) is 36.2 Å². The van der Waals surface area contributed by atoms with Crippen LogP contribution in [0.3, 0.4) is 0 Å². The molecule has 0 aliphatic carbocycles. The third-order valence-electron chi connectivity index (χ3n) is 7.53. The van der Waals surface area contributed by atoms with E-state index in [9.17, 15) is 19.8 Å². The van der Waals surface area contributed by atoms with Gasteiger partial charge < -0.3 is 24.6 Å². The number of benzene rings is 1. The minimum Gasteiger partial charge on any atom is -0.494 e. The van der Waals surface area contributed by atoms with Gasteiger partial charge in [-0.1, -0.05) is 13.8 Å². The van der Waals surface area contributed by atoms with Gasteiger partial charge in [-0.3, -0.25) is 14.2 Å². The van der Waals surface area contributed by atoms with Gasteiger partial charge in [0.1, 0.15) is 6.54 Å². The van der Waals surface area contributed by atoms with Crippen LogP contribution < -0.4 is 9.47 Å². The number of amides is 2. The zero-order valence-electron chi connectivity index (χ0n) is 21.2. The lowest BCUT2D eigenvalue weighted by atomic mass is 9.75. The largest absolute Gasteiger partial charge is 0.494 e. The van der Waals surface area contributed by atoms with Gasteiger partial charge in [-0.05, 0) is 43.9 Å². The molecule has 194 valence electrons. The van der Waals surface area contributed by atoms with Gasteiger partial charge in [-0.2, -0.15) is 5.10 Å². The second kappa shape index (κ2) is 10.1. The first-order valence-electron chi connectivity index (χ1n) is 12.3. The van der Waals surface area contributed by atoms with Crippen LogP contribution in [0.25, 0.3) is 0 Å². The molecule has 0 radical (unpaired) electrons. The van der Waals surface area contributed by atoms with Crippen molar-refractivity contribution in [2.45, 2.75) is 52.1 Å².